The van der Waals surface area contributed by atoms with Crippen LogP contribution in [0.3, 0.4) is 0 Å². The Labute approximate surface area is 278 Å². The van der Waals surface area contributed by atoms with Crippen LogP contribution in [0.15, 0.2) is 67.1 Å². The molecule has 3 amide bonds. The van der Waals surface area contributed by atoms with Crippen molar-refractivity contribution < 1.29 is 33.8 Å². The summed E-state index contributed by atoms with van der Waals surface area (Å²) in [4.78, 5) is 49.5. The fourth-order valence-corrected chi connectivity index (χ4v) is 4.23. The first-order valence-corrected chi connectivity index (χ1v) is 15.5. The molecule has 258 valence electrons. The molecule has 12 heteroatoms. The zero-order valence-electron chi connectivity index (χ0n) is 28.8. The minimum Gasteiger partial charge on any atom is -0.483 e. The van der Waals surface area contributed by atoms with Crippen molar-refractivity contribution in [3.05, 3.63) is 83.8 Å². The van der Waals surface area contributed by atoms with Crippen molar-refractivity contribution in [1.29, 1.82) is 0 Å². The Bertz CT molecular complexity index is 1370. The Morgan fingerprint density at radius 1 is 1.04 bits per heavy atom. The number of methoxy groups -OCH3 is 1. The average Bonchev–Trinajstić information content (AvgIpc) is 3.69. The minimum absolute atomic E-state index is 0.0417. The number of carbonyl (C=O) groups excluding carboxylic acids is 3. The molecule has 4 N–H and O–H groups in total. The summed E-state index contributed by atoms with van der Waals surface area (Å²) in [6.45, 7) is 13.1. The highest BCUT2D eigenvalue weighted by molar-refractivity contribution is 5.98. The molecule has 1 aliphatic rings. The maximum atomic E-state index is 13.2. The van der Waals surface area contributed by atoms with Gasteiger partial charge in [0.1, 0.15) is 11.6 Å². The highest BCUT2D eigenvalue weighted by Gasteiger charge is 2.31. The van der Waals surface area contributed by atoms with Crippen molar-refractivity contribution in [3.63, 3.8) is 0 Å². The lowest BCUT2D eigenvalue weighted by Crippen LogP contribution is -2.57. The molecule has 0 aliphatic heterocycles. The molecule has 0 radical (unpaired) electrons. The van der Waals surface area contributed by atoms with E-state index in [0.717, 1.165) is 18.4 Å². The second-order valence-corrected chi connectivity index (χ2v) is 11.8. The smallest absolute Gasteiger partial charge is 0.290 e. The van der Waals surface area contributed by atoms with Crippen molar-refractivity contribution in [3.8, 4) is 0 Å². The number of hydrogen-bond donors (Lipinski definition) is 4. The van der Waals surface area contributed by atoms with Crippen molar-refractivity contribution in [2.24, 2.45) is 0 Å². The Hall–Kier alpha value is -4.55. The summed E-state index contributed by atoms with van der Waals surface area (Å²) in [5, 5.41) is 14.8. The first-order valence-electron chi connectivity index (χ1n) is 15.5. The number of ether oxygens (including phenoxy) is 2. The summed E-state index contributed by atoms with van der Waals surface area (Å²) >= 11 is 0. The number of imidazole rings is 1. The van der Waals surface area contributed by atoms with Crippen LogP contribution in [0.1, 0.15) is 77.6 Å². The van der Waals surface area contributed by atoms with E-state index in [1.54, 1.807) is 33.5 Å². The molecular formula is C35H51N5O7. The van der Waals surface area contributed by atoms with Gasteiger partial charge >= 0.3 is 0 Å². The number of carboxylic acid groups (broad SMARTS) is 1. The molecule has 2 unspecified atom stereocenters. The minimum atomic E-state index is -1.20. The molecule has 47 heavy (non-hydrogen) atoms. The summed E-state index contributed by atoms with van der Waals surface area (Å²) in [7, 11) is 1.71. The number of carbonyl (C=O) groups is 4. The van der Waals surface area contributed by atoms with Gasteiger partial charge in [0.2, 0.25) is 12.3 Å². The van der Waals surface area contributed by atoms with E-state index in [4.69, 9.17) is 19.4 Å². The van der Waals surface area contributed by atoms with E-state index in [0.29, 0.717) is 12.2 Å². The molecule has 1 aliphatic carbocycles. The van der Waals surface area contributed by atoms with Crippen LogP contribution in [0.5, 0.6) is 0 Å². The Morgan fingerprint density at radius 2 is 1.64 bits per heavy atom. The van der Waals surface area contributed by atoms with E-state index >= 15 is 0 Å². The highest BCUT2D eigenvalue weighted by atomic mass is 16.5. The molecule has 0 saturated heterocycles. The van der Waals surface area contributed by atoms with Gasteiger partial charge in [0, 0.05) is 13.3 Å². The number of fused-ring (bicyclic) bond motifs is 1. The normalized spacial score (nSPS) is 13.8. The second kappa shape index (κ2) is 20.5. The second-order valence-electron chi connectivity index (χ2n) is 11.8. The molecule has 1 aromatic heterocycles. The SMILES string of the molecule is CC.CC(C)(NC=O)C(=O)NC(COCc1ccccc1)C(=O)Nc1cn(C2CCc3ccccc32)cn1.COC(C)(C)C.O=CO. The average molecular weight is 654 g/mol. The summed E-state index contributed by atoms with van der Waals surface area (Å²) in [5.74, 6) is -0.585. The lowest BCUT2D eigenvalue weighted by molar-refractivity contribution is -0.132. The largest absolute Gasteiger partial charge is 0.483 e. The number of benzene rings is 2. The van der Waals surface area contributed by atoms with Crippen molar-refractivity contribution in [1.82, 2.24) is 20.2 Å². The van der Waals surface area contributed by atoms with Gasteiger partial charge in [-0.25, -0.2) is 4.98 Å². The predicted molar refractivity (Wildman–Crippen MR) is 182 cm³/mol. The van der Waals surface area contributed by atoms with E-state index in [9.17, 15) is 14.4 Å². The molecule has 0 spiro atoms. The van der Waals surface area contributed by atoms with Gasteiger partial charge in [-0.3, -0.25) is 19.2 Å². The first-order chi connectivity index (χ1) is 22.3. The standard InChI is InChI=1S/C27H31N5O4.C5H12O.C2H6.CH2O2/c1-27(2,29-18-33)26(35)30-22(16-36-15-19-8-4-3-5-9-19)25(34)31-24-14-32(17-28-24)23-13-12-20-10-6-7-11-21(20)23;1-5(2,3)6-4;1-2;2-1-3/h3-11,14,17-18,22-23H,12-13,15-16H2,1-2H3,(H,29,33)(H,30,35)(H,31,34);1-4H3;1-2H3;1H,(H,2,3). The highest BCUT2D eigenvalue weighted by Crippen LogP contribution is 2.34. The summed E-state index contributed by atoms with van der Waals surface area (Å²) < 4.78 is 12.7. The number of anilines is 1. The number of aryl methyl sites for hydroxylation is 1. The predicted octanol–water partition coefficient (Wildman–Crippen LogP) is 4.74. The van der Waals surface area contributed by atoms with Crippen LogP contribution in [-0.2, 0) is 41.7 Å². The topological polar surface area (TPSA) is 161 Å². The fourth-order valence-electron chi connectivity index (χ4n) is 4.23. The number of aromatic nitrogens is 2. The molecule has 4 rings (SSSR count). The third-order valence-electron chi connectivity index (χ3n) is 6.93. The van der Waals surface area contributed by atoms with Gasteiger partial charge in [0.15, 0.2) is 5.82 Å². The Balaban J connectivity index is 0.000000878. The first kappa shape index (κ1) is 40.5. The Morgan fingerprint density at radius 3 is 2.23 bits per heavy atom. The van der Waals surface area contributed by atoms with Gasteiger partial charge in [-0.2, -0.15) is 0 Å². The van der Waals surface area contributed by atoms with Gasteiger partial charge < -0.3 is 35.1 Å². The lowest BCUT2D eigenvalue weighted by atomic mass is 10.0. The zero-order chi connectivity index (χ0) is 35.5. The van der Waals surface area contributed by atoms with E-state index < -0.39 is 23.4 Å². The quantitative estimate of drug-likeness (QED) is 0.216. The van der Waals surface area contributed by atoms with Crippen molar-refractivity contribution in [2.75, 3.05) is 19.0 Å². The lowest BCUT2D eigenvalue weighted by Gasteiger charge is -2.26. The molecule has 2 aromatic carbocycles. The van der Waals surface area contributed by atoms with Crippen LogP contribution < -0.4 is 16.0 Å². The van der Waals surface area contributed by atoms with Gasteiger partial charge in [-0.15, -0.1) is 0 Å². The van der Waals surface area contributed by atoms with E-state index in [2.05, 4.69) is 33.1 Å². The molecule has 12 nitrogen and oxygen atoms in total. The molecular weight excluding hydrogens is 602 g/mol. The van der Waals surface area contributed by atoms with Crippen LogP contribution in [0.2, 0.25) is 0 Å². The number of hydrogen-bond acceptors (Lipinski definition) is 7. The van der Waals surface area contributed by atoms with E-state index in [-0.39, 0.29) is 31.3 Å². The summed E-state index contributed by atoms with van der Waals surface area (Å²) in [5.41, 5.74) is 2.38. The molecule has 0 fully saturated rings. The molecule has 0 saturated carbocycles. The maximum absolute atomic E-state index is 13.2. The molecule has 2 atom stereocenters. The number of nitrogens with one attached hydrogen (secondary N) is 3. The van der Waals surface area contributed by atoms with Crippen LogP contribution in [-0.4, -0.2) is 70.3 Å². The van der Waals surface area contributed by atoms with Gasteiger partial charge in [0.05, 0.1) is 31.2 Å². The van der Waals surface area contributed by atoms with E-state index in [1.165, 1.54) is 11.1 Å². The van der Waals surface area contributed by atoms with Crippen molar-refractivity contribution in [2.45, 2.75) is 91.1 Å². The number of rotatable bonds is 11. The number of nitrogens with zero attached hydrogens (tertiary/aromatic N) is 2. The third-order valence-corrected chi connectivity index (χ3v) is 6.93. The van der Waals surface area contributed by atoms with Crippen LogP contribution in [0.25, 0.3) is 0 Å². The van der Waals surface area contributed by atoms with Gasteiger partial charge in [-0.1, -0.05) is 68.4 Å². The molecule has 0 bridgehead atoms. The summed E-state index contributed by atoms with van der Waals surface area (Å²) in [6, 6.07) is 17.0. The Kier molecular flexibility index (Phi) is 17.7. The summed E-state index contributed by atoms with van der Waals surface area (Å²) in [6.07, 6.45) is 5.92. The zero-order valence-corrected chi connectivity index (χ0v) is 28.8. The van der Waals surface area contributed by atoms with Crippen LogP contribution in [0.4, 0.5) is 5.82 Å². The molecule has 1 heterocycles. The third kappa shape index (κ3) is 14.2. The van der Waals surface area contributed by atoms with E-state index in [1.807, 2.05) is 81.7 Å². The maximum Gasteiger partial charge on any atom is 0.290 e. The monoisotopic (exact) mass is 653 g/mol. The van der Waals surface area contributed by atoms with Gasteiger partial charge in [0.25, 0.3) is 12.4 Å². The number of amides is 3. The molecule has 3 aromatic rings. The fraction of sp³-hybridized carbons (Fsp3) is 0.457. The van der Waals surface area contributed by atoms with Crippen molar-refractivity contribution >= 4 is 30.5 Å². The van der Waals surface area contributed by atoms with Gasteiger partial charge in [-0.05, 0) is 64.2 Å². The van der Waals surface area contributed by atoms with Crippen LogP contribution >= 0.6 is 0 Å². The van der Waals surface area contributed by atoms with Crippen LogP contribution in [0, 0.1) is 0 Å².